The number of hydrogen-bond donors (Lipinski definition) is 2. The van der Waals surface area contributed by atoms with E-state index in [1.165, 1.54) is 0 Å². The number of hydrogen-bond acceptors (Lipinski definition) is 5. The zero-order chi connectivity index (χ0) is 23.4. The van der Waals surface area contributed by atoms with Crippen molar-refractivity contribution < 1.29 is 19.1 Å². The quantitative estimate of drug-likeness (QED) is 0.604. The van der Waals surface area contributed by atoms with E-state index in [0.717, 1.165) is 29.7 Å². The molecule has 172 valence electrons. The van der Waals surface area contributed by atoms with Gasteiger partial charge in [-0.15, -0.1) is 0 Å². The Hall–Kier alpha value is -3.81. The van der Waals surface area contributed by atoms with Crippen molar-refractivity contribution in [1.82, 2.24) is 20.4 Å². The lowest BCUT2D eigenvalue weighted by Crippen LogP contribution is -2.45. The van der Waals surface area contributed by atoms with Gasteiger partial charge in [-0.3, -0.25) is 9.59 Å². The molecule has 8 nitrogen and oxygen atoms in total. The SMILES string of the molecule is COc1ccc(-c2cc(C(=O)NC3CCCCNC3=O)n(-c3cccc(C)c3)n2)c(OC)c1. The number of methoxy groups -OCH3 is 2. The van der Waals surface area contributed by atoms with Gasteiger partial charge in [-0.05, 0) is 62.1 Å². The summed E-state index contributed by atoms with van der Waals surface area (Å²) in [6.07, 6.45) is 2.38. The van der Waals surface area contributed by atoms with Crippen LogP contribution in [0.2, 0.25) is 0 Å². The van der Waals surface area contributed by atoms with Gasteiger partial charge in [-0.1, -0.05) is 12.1 Å². The molecule has 0 saturated carbocycles. The topological polar surface area (TPSA) is 94.5 Å². The smallest absolute Gasteiger partial charge is 0.270 e. The molecule has 2 N–H and O–H groups in total. The molecule has 8 heteroatoms. The molecule has 0 radical (unpaired) electrons. The number of rotatable bonds is 6. The monoisotopic (exact) mass is 448 g/mol. The molecular formula is C25H28N4O4. The zero-order valence-corrected chi connectivity index (χ0v) is 19.1. The molecule has 1 aromatic heterocycles. The Morgan fingerprint density at radius 2 is 1.97 bits per heavy atom. The number of carbonyl (C=O) groups is 2. The summed E-state index contributed by atoms with van der Waals surface area (Å²) in [5.41, 5.74) is 3.44. The van der Waals surface area contributed by atoms with E-state index < -0.39 is 6.04 Å². The molecule has 1 fully saturated rings. The van der Waals surface area contributed by atoms with E-state index in [2.05, 4.69) is 10.6 Å². The van der Waals surface area contributed by atoms with Crippen LogP contribution in [0.5, 0.6) is 11.5 Å². The van der Waals surface area contributed by atoms with Gasteiger partial charge in [0.05, 0.1) is 25.6 Å². The highest BCUT2D eigenvalue weighted by atomic mass is 16.5. The third kappa shape index (κ3) is 4.84. The zero-order valence-electron chi connectivity index (χ0n) is 19.1. The van der Waals surface area contributed by atoms with Crippen LogP contribution in [0.25, 0.3) is 16.9 Å². The van der Waals surface area contributed by atoms with Crippen molar-refractivity contribution in [2.24, 2.45) is 0 Å². The number of carbonyl (C=O) groups excluding carboxylic acids is 2. The van der Waals surface area contributed by atoms with Crippen molar-refractivity contribution in [2.45, 2.75) is 32.2 Å². The van der Waals surface area contributed by atoms with Crippen molar-refractivity contribution >= 4 is 11.8 Å². The summed E-state index contributed by atoms with van der Waals surface area (Å²) >= 11 is 0. The maximum Gasteiger partial charge on any atom is 0.270 e. The molecule has 1 atom stereocenters. The molecule has 1 aliphatic heterocycles. The fraction of sp³-hybridized carbons (Fsp3) is 0.320. The first kappa shape index (κ1) is 22.4. The van der Waals surface area contributed by atoms with Gasteiger partial charge in [0.15, 0.2) is 0 Å². The Kier molecular flexibility index (Phi) is 6.63. The Labute approximate surface area is 192 Å². The summed E-state index contributed by atoms with van der Waals surface area (Å²) in [6.45, 7) is 2.61. The van der Waals surface area contributed by atoms with Crippen LogP contribution in [0.1, 0.15) is 35.3 Å². The number of aromatic nitrogens is 2. The third-order valence-corrected chi connectivity index (χ3v) is 5.71. The first-order valence-corrected chi connectivity index (χ1v) is 11.0. The van der Waals surface area contributed by atoms with Crippen LogP contribution in [0.3, 0.4) is 0 Å². The summed E-state index contributed by atoms with van der Waals surface area (Å²) in [4.78, 5) is 25.7. The Balaban J connectivity index is 1.76. The van der Waals surface area contributed by atoms with Crippen molar-refractivity contribution in [3.05, 3.63) is 59.8 Å². The first-order valence-electron chi connectivity index (χ1n) is 11.0. The number of benzene rings is 2. The highest BCUT2D eigenvalue weighted by Gasteiger charge is 2.26. The van der Waals surface area contributed by atoms with E-state index in [0.29, 0.717) is 35.9 Å². The fourth-order valence-electron chi connectivity index (χ4n) is 3.95. The molecule has 2 aromatic carbocycles. The highest BCUT2D eigenvalue weighted by Crippen LogP contribution is 2.33. The van der Waals surface area contributed by atoms with E-state index in [-0.39, 0.29) is 11.8 Å². The molecule has 0 bridgehead atoms. The molecule has 0 spiro atoms. The second-order valence-corrected chi connectivity index (χ2v) is 8.04. The van der Waals surface area contributed by atoms with Crippen LogP contribution in [0, 0.1) is 6.92 Å². The minimum atomic E-state index is -0.570. The molecule has 33 heavy (non-hydrogen) atoms. The number of nitrogens with zero attached hydrogens (tertiary/aromatic N) is 2. The number of aryl methyl sites for hydroxylation is 1. The summed E-state index contributed by atoms with van der Waals surface area (Å²) in [5.74, 6) is 0.730. The molecule has 4 rings (SSSR count). The van der Waals surface area contributed by atoms with Crippen LogP contribution < -0.4 is 20.1 Å². The second kappa shape index (κ2) is 9.77. The number of amides is 2. The summed E-state index contributed by atoms with van der Waals surface area (Å²) in [7, 11) is 3.17. The van der Waals surface area contributed by atoms with Crippen molar-refractivity contribution in [2.75, 3.05) is 20.8 Å². The highest BCUT2D eigenvalue weighted by molar-refractivity contribution is 5.97. The van der Waals surface area contributed by atoms with Gasteiger partial charge in [0.2, 0.25) is 5.91 Å². The molecule has 1 unspecified atom stereocenters. The average Bonchev–Trinajstić information content (AvgIpc) is 3.18. The van der Waals surface area contributed by atoms with Crippen LogP contribution in [0.4, 0.5) is 0 Å². The summed E-state index contributed by atoms with van der Waals surface area (Å²) in [5, 5.41) is 10.5. The van der Waals surface area contributed by atoms with Crippen molar-refractivity contribution in [3.63, 3.8) is 0 Å². The summed E-state index contributed by atoms with van der Waals surface area (Å²) in [6, 6.07) is 14.3. The van der Waals surface area contributed by atoms with E-state index in [9.17, 15) is 9.59 Å². The van der Waals surface area contributed by atoms with Crippen LogP contribution in [0.15, 0.2) is 48.5 Å². The van der Waals surface area contributed by atoms with E-state index in [1.54, 1.807) is 31.0 Å². The average molecular weight is 449 g/mol. The molecule has 3 aromatic rings. The predicted octanol–water partition coefficient (Wildman–Crippen LogP) is 3.26. The minimum Gasteiger partial charge on any atom is -0.497 e. The maximum absolute atomic E-state index is 13.3. The number of ether oxygens (including phenoxy) is 2. The fourth-order valence-corrected chi connectivity index (χ4v) is 3.95. The molecular weight excluding hydrogens is 420 g/mol. The molecule has 2 heterocycles. The molecule has 1 aliphatic rings. The second-order valence-electron chi connectivity index (χ2n) is 8.04. The Morgan fingerprint density at radius 3 is 2.73 bits per heavy atom. The van der Waals surface area contributed by atoms with Crippen LogP contribution in [-0.2, 0) is 4.79 Å². The largest absolute Gasteiger partial charge is 0.497 e. The normalized spacial score (nSPS) is 16.0. The molecule has 2 amide bonds. The standard InChI is InChI=1S/C25H28N4O4/c1-16-7-6-8-17(13-16)29-22(25(31)27-20-9-4-5-12-26-24(20)30)15-21(28-29)19-11-10-18(32-2)14-23(19)33-3/h6-8,10-11,13-15,20H,4-5,9,12H2,1-3H3,(H,26,30)(H,27,31). The van der Waals surface area contributed by atoms with Gasteiger partial charge in [-0.2, -0.15) is 5.10 Å². The lowest BCUT2D eigenvalue weighted by molar-refractivity contribution is -0.122. The van der Waals surface area contributed by atoms with Gasteiger partial charge >= 0.3 is 0 Å². The predicted molar refractivity (Wildman–Crippen MR) is 125 cm³/mol. The lowest BCUT2D eigenvalue weighted by atomic mass is 10.1. The van der Waals surface area contributed by atoms with Crippen molar-refractivity contribution in [1.29, 1.82) is 0 Å². The van der Waals surface area contributed by atoms with Gasteiger partial charge in [-0.25, -0.2) is 4.68 Å². The Morgan fingerprint density at radius 1 is 1.12 bits per heavy atom. The van der Waals surface area contributed by atoms with Crippen LogP contribution in [-0.4, -0.2) is 48.4 Å². The molecule has 0 aliphatic carbocycles. The van der Waals surface area contributed by atoms with Crippen molar-refractivity contribution in [3.8, 4) is 28.4 Å². The van der Waals surface area contributed by atoms with Gasteiger partial charge in [0.25, 0.3) is 5.91 Å². The maximum atomic E-state index is 13.3. The third-order valence-electron chi connectivity index (χ3n) is 5.71. The van der Waals surface area contributed by atoms with E-state index >= 15 is 0 Å². The summed E-state index contributed by atoms with van der Waals surface area (Å²) < 4.78 is 12.4. The van der Waals surface area contributed by atoms with Crippen LogP contribution >= 0.6 is 0 Å². The van der Waals surface area contributed by atoms with E-state index in [1.807, 2.05) is 43.3 Å². The first-order chi connectivity index (χ1) is 16.0. The molecule has 1 saturated heterocycles. The van der Waals surface area contributed by atoms with E-state index in [4.69, 9.17) is 14.6 Å². The van der Waals surface area contributed by atoms with Gasteiger partial charge in [0.1, 0.15) is 23.2 Å². The minimum absolute atomic E-state index is 0.153. The lowest BCUT2D eigenvalue weighted by Gasteiger charge is -2.15. The van der Waals surface area contributed by atoms with Gasteiger partial charge < -0.3 is 20.1 Å². The Bertz CT molecular complexity index is 1170. The number of nitrogens with one attached hydrogen (secondary N) is 2. The van der Waals surface area contributed by atoms with Gasteiger partial charge in [0, 0.05) is 18.2 Å².